The van der Waals surface area contributed by atoms with E-state index in [1.807, 2.05) is 39.8 Å². The number of carbonyl (C=O) groups is 1. The molecular weight excluding hydrogens is 521 g/mol. The number of halogens is 3. The Morgan fingerprint density at radius 3 is 2.70 bits per heavy atom. The zero-order valence-electron chi connectivity index (χ0n) is 21.3. The number of imidazole rings is 1. The molecule has 0 radical (unpaired) electrons. The molecule has 2 N–H and O–H groups in total. The molecule has 4 heterocycles. The summed E-state index contributed by atoms with van der Waals surface area (Å²) in [6.07, 6.45) is 0.350. The minimum Gasteiger partial charge on any atom is -0.364 e. The van der Waals surface area contributed by atoms with Gasteiger partial charge in [0.1, 0.15) is 0 Å². The van der Waals surface area contributed by atoms with Crippen LogP contribution in [-0.2, 0) is 24.1 Å². The van der Waals surface area contributed by atoms with Crippen molar-refractivity contribution in [1.82, 2.24) is 29.4 Å². The van der Waals surface area contributed by atoms with Crippen molar-refractivity contribution in [3.63, 3.8) is 0 Å². The number of aromatic nitrogens is 5. The average Bonchev–Trinajstić information content (AvgIpc) is 3.55. The van der Waals surface area contributed by atoms with Gasteiger partial charge in [0.05, 0.1) is 17.4 Å². The van der Waals surface area contributed by atoms with Crippen molar-refractivity contribution in [2.24, 2.45) is 0 Å². The first-order valence-corrected chi connectivity index (χ1v) is 12.9. The van der Waals surface area contributed by atoms with Gasteiger partial charge in [-0.2, -0.15) is 23.1 Å². The van der Waals surface area contributed by atoms with Crippen LogP contribution in [-0.4, -0.2) is 48.4 Å². The second-order valence-electron chi connectivity index (χ2n) is 9.58. The third kappa shape index (κ3) is 5.37. The molecule has 5 aromatic rings. The van der Waals surface area contributed by atoms with Crippen LogP contribution in [0.25, 0.3) is 22.1 Å². The highest BCUT2D eigenvalue weighted by Gasteiger charge is 2.30. The monoisotopic (exact) mass is 546 g/mol. The lowest BCUT2D eigenvalue weighted by Gasteiger charge is -2.16. The second kappa shape index (κ2) is 10.4. The summed E-state index contributed by atoms with van der Waals surface area (Å²) < 4.78 is 41.5. The number of hydrogen-bond acceptors (Lipinski definition) is 7. The van der Waals surface area contributed by atoms with Crippen molar-refractivity contribution < 1.29 is 18.0 Å². The van der Waals surface area contributed by atoms with Crippen LogP contribution in [0.4, 0.5) is 30.6 Å². The maximum atomic E-state index is 13.2. The van der Waals surface area contributed by atoms with Crippen molar-refractivity contribution in [2.45, 2.75) is 32.1 Å². The molecule has 204 valence electrons. The molecule has 0 spiro atoms. The van der Waals surface area contributed by atoms with Gasteiger partial charge in [-0.1, -0.05) is 18.2 Å². The van der Waals surface area contributed by atoms with Gasteiger partial charge in [0.25, 0.3) is 0 Å². The van der Waals surface area contributed by atoms with Crippen LogP contribution < -0.4 is 10.6 Å². The Hall–Kier alpha value is -4.74. The highest BCUT2D eigenvalue weighted by molar-refractivity contribution is 5.86. The highest BCUT2D eigenvalue weighted by Crippen LogP contribution is 2.30. The summed E-state index contributed by atoms with van der Waals surface area (Å²) in [6.45, 7) is 1.86. The minimum absolute atomic E-state index is 0.103. The minimum atomic E-state index is -4.43. The quantitative estimate of drug-likeness (QED) is 0.270. The van der Waals surface area contributed by atoms with E-state index in [0.29, 0.717) is 48.0 Å². The number of amides is 1. The number of alkyl halides is 3. The zero-order chi connectivity index (χ0) is 27.7. The lowest BCUT2D eigenvalue weighted by molar-refractivity contribution is -0.137. The number of benzene rings is 2. The number of rotatable bonds is 8. The normalized spacial score (nSPS) is 13.9. The van der Waals surface area contributed by atoms with E-state index in [1.165, 1.54) is 6.07 Å². The van der Waals surface area contributed by atoms with Gasteiger partial charge in [-0.25, -0.2) is 4.98 Å². The molecule has 1 saturated heterocycles. The van der Waals surface area contributed by atoms with E-state index in [4.69, 9.17) is 4.98 Å². The van der Waals surface area contributed by atoms with Gasteiger partial charge >= 0.3 is 6.18 Å². The summed E-state index contributed by atoms with van der Waals surface area (Å²) in [7, 11) is 0. The molecule has 0 bridgehead atoms. The molecule has 40 heavy (non-hydrogen) atoms. The maximum Gasteiger partial charge on any atom is 0.416 e. The molecule has 0 aliphatic carbocycles. The van der Waals surface area contributed by atoms with Crippen LogP contribution in [0.5, 0.6) is 0 Å². The second-order valence-corrected chi connectivity index (χ2v) is 9.58. The first-order valence-electron chi connectivity index (χ1n) is 12.9. The fourth-order valence-corrected chi connectivity index (χ4v) is 4.78. The number of anilines is 3. The molecule has 12 heteroatoms. The summed E-state index contributed by atoms with van der Waals surface area (Å²) in [5.74, 6) is 0.806. The Kier molecular flexibility index (Phi) is 6.66. The summed E-state index contributed by atoms with van der Waals surface area (Å²) in [5.41, 5.74) is 2.35. The number of hydrogen-bond donors (Lipinski definition) is 2. The average molecular weight is 547 g/mol. The van der Waals surface area contributed by atoms with E-state index in [9.17, 15) is 18.0 Å². The third-order valence-corrected chi connectivity index (χ3v) is 6.82. The Labute approximate surface area is 227 Å². The standard InChI is InChI=1S/C28H25F3N8O/c29-28(30,31)20-6-1-4-18(14-20)16-33-25-24-26(39(17-34-24)13-12-38-11-3-7-23(38)40)37-27(36-25)35-21-8-9-22-19(15-21)5-2-10-32-22/h1-2,4-6,8-10,14-15,17H,3,7,11-13,16H2,(H2,33,35,36,37). The van der Waals surface area contributed by atoms with E-state index in [-0.39, 0.29) is 12.5 Å². The molecule has 1 amide bonds. The van der Waals surface area contributed by atoms with Crippen molar-refractivity contribution in [3.05, 3.63) is 78.2 Å². The lowest BCUT2D eigenvalue weighted by atomic mass is 10.1. The number of pyridine rings is 1. The molecule has 1 fully saturated rings. The molecule has 0 atom stereocenters. The molecule has 0 saturated carbocycles. The summed E-state index contributed by atoms with van der Waals surface area (Å²) >= 11 is 0. The first kappa shape index (κ1) is 25.5. The predicted molar refractivity (Wildman–Crippen MR) is 145 cm³/mol. The largest absolute Gasteiger partial charge is 0.416 e. The van der Waals surface area contributed by atoms with Crippen LogP contribution in [0.1, 0.15) is 24.0 Å². The van der Waals surface area contributed by atoms with Crippen LogP contribution >= 0.6 is 0 Å². The number of fused-ring (bicyclic) bond motifs is 2. The fraction of sp³-hybridized carbons (Fsp3) is 0.250. The zero-order valence-corrected chi connectivity index (χ0v) is 21.3. The van der Waals surface area contributed by atoms with Crippen molar-refractivity contribution in [2.75, 3.05) is 23.7 Å². The Morgan fingerprint density at radius 2 is 1.88 bits per heavy atom. The molecule has 1 aliphatic heterocycles. The van der Waals surface area contributed by atoms with Crippen molar-refractivity contribution in [3.8, 4) is 0 Å². The van der Waals surface area contributed by atoms with Crippen LogP contribution in [0.2, 0.25) is 0 Å². The smallest absolute Gasteiger partial charge is 0.364 e. The molecule has 2 aromatic carbocycles. The number of likely N-dealkylation sites (tertiary alicyclic amines) is 1. The number of nitrogens with one attached hydrogen (secondary N) is 2. The summed E-state index contributed by atoms with van der Waals surface area (Å²) in [4.78, 5) is 32.1. The topological polar surface area (TPSA) is 101 Å². The van der Waals surface area contributed by atoms with Gasteiger partial charge in [-0.3, -0.25) is 9.78 Å². The van der Waals surface area contributed by atoms with E-state index in [1.54, 1.807) is 18.6 Å². The summed E-state index contributed by atoms with van der Waals surface area (Å²) in [6, 6.07) is 14.7. The highest BCUT2D eigenvalue weighted by atomic mass is 19.4. The van der Waals surface area contributed by atoms with Gasteiger partial charge in [0.2, 0.25) is 11.9 Å². The summed E-state index contributed by atoms with van der Waals surface area (Å²) in [5, 5.41) is 7.32. The van der Waals surface area contributed by atoms with Crippen molar-refractivity contribution >= 4 is 45.4 Å². The van der Waals surface area contributed by atoms with E-state index in [2.05, 4.69) is 25.6 Å². The Morgan fingerprint density at radius 1 is 0.975 bits per heavy atom. The van der Waals surface area contributed by atoms with E-state index < -0.39 is 11.7 Å². The van der Waals surface area contributed by atoms with Gasteiger partial charge < -0.3 is 20.1 Å². The molecule has 3 aromatic heterocycles. The van der Waals surface area contributed by atoms with Crippen molar-refractivity contribution in [1.29, 1.82) is 0 Å². The van der Waals surface area contributed by atoms with E-state index >= 15 is 0 Å². The lowest BCUT2D eigenvalue weighted by Crippen LogP contribution is -2.28. The van der Waals surface area contributed by atoms with Crippen LogP contribution in [0, 0.1) is 0 Å². The Bertz CT molecular complexity index is 1700. The van der Waals surface area contributed by atoms with Gasteiger partial charge in [-0.15, -0.1) is 0 Å². The SMILES string of the molecule is O=C1CCCN1CCn1cnc2c(NCc3cccc(C(F)(F)F)c3)nc(Nc3ccc4ncccc4c3)nc21. The first-order chi connectivity index (χ1) is 19.3. The molecule has 0 unspecified atom stereocenters. The fourth-order valence-electron chi connectivity index (χ4n) is 4.78. The van der Waals surface area contributed by atoms with Gasteiger partial charge in [0, 0.05) is 49.9 Å². The molecule has 1 aliphatic rings. The van der Waals surface area contributed by atoms with Gasteiger partial charge in [0.15, 0.2) is 17.0 Å². The third-order valence-electron chi connectivity index (χ3n) is 6.82. The molecule has 6 rings (SSSR count). The van der Waals surface area contributed by atoms with Crippen LogP contribution in [0.3, 0.4) is 0 Å². The van der Waals surface area contributed by atoms with E-state index in [0.717, 1.165) is 41.7 Å². The Balaban J connectivity index is 1.31. The number of nitrogens with zero attached hydrogens (tertiary/aromatic N) is 6. The van der Waals surface area contributed by atoms with Crippen LogP contribution in [0.15, 0.2) is 67.1 Å². The number of carbonyl (C=O) groups excluding carboxylic acids is 1. The van der Waals surface area contributed by atoms with Gasteiger partial charge in [-0.05, 0) is 48.4 Å². The maximum absolute atomic E-state index is 13.2. The predicted octanol–water partition coefficient (Wildman–Crippen LogP) is 5.37. The molecule has 9 nitrogen and oxygen atoms in total. The molecular formula is C28H25F3N8O.